The minimum absolute atomic E-state index is 0.0139. The molecule has 1 aromatic rings. The highest BCUT2D eigenvalue weighted by Crippen LogP contribution is 2.07. The molecule has 0 saturated carbocycles. The Hall–Kier alpha value is -1.51. The first-order valence-corrected chi connectivity index (χ1v) is 9.02. The van der Waals surface area contributed by atoms with Crippen molar-refractivity contribution in [1.29, 1.82) is 0 Å². The third-order valence-electron chi connectivity index (χ3n) is 3.70. The van der Waals surface area contributed by atoms with Gasteiger partial charge in [0.15, 0.2) is 0 Å². The van der Waals surface area contributed by atoms with Gasteiger partial charge in [0.2, 0.25) is 15.9 Å². The molecule has 0 bridgehead atoms. The summed E-state index contributed by atoms with van der Waals surface area (Å²) in [5, 5.41) is 0. The lowest BCUT2D eigenvalue weighted by molar-refractivity contribution is -0.131. The van der Waals surface area contributed by atoms with Crippen LogP contribution < -0.4 is 4.72 Å². The van der Waals surface area contributed by atoms with Crippen LogP contribution in [0.2, 0.25) is 0 Å². The molecule has 1 N–H and O–H groups in total. The van der Waals surface area contributed by atoms with Crippen LogP contribution in [0.15, 0.2) is 24.5 Å². The van der Waals surface area contributed by atoms with Crippen molar-refractivity contribution in [2.75, 3.05) is 38.5 Å². The number of rotatable bonds is 6. The Bertz CT molecular complexity index is 583. The largest absolute Gasteiger partial charge is 0.339 e. The minimum Gasteiger partial charge on any atom is -0.339 e. The lowest BCUT2D eigenvalue weighted by atomic mass is 10.2. The van der Waals surface area contributed by atoms with E-state index < -0.39 is 10.0 Å². The monoisotopic (exact) mass is 326 g/mol. The number of pyridine rings is 1. The van der Waals surface area contributed by atoms with Crippen molar-refractivity contribution in [3.8, 4) is 0 Å². The summed E-state index contributed by atoms with van der Waals surface area (Å²) in [5.41, 5.74) is 1.20. The summed E-state index contributed by atoms with van der Waals surface area (Å²) in [4.78, 5) is 20.0. The van der Waals surface area contributed by atoms with Gasteiger partial charge in [-0.15, -0.1) is 0 Å². The van der Waals surface area contributed by atoms with Crippen LogP contribution >= 0.6 is 0 Å². The van der Waals surface area contributed by atoms with Crippen LogP contribution in [0.25, 0.3) is 0 Å². The highest BCUT2D eigenvalue weighted by atomic mass is 32.2. The predicted octanol–water partition coefficient (Wildman–Crippen LogP) is -0.335. The average molecular weight is 326 g/mol. The van der Waals surface area contributed by atoms with E-state index in [2.05, 4.69) is 14.6 Å². The van der Waals surface area contributed by atoms with Crippen LogP contribution in [0.3, 0.4) is 0 Å². The van der Waals surface area contributed by atoms with E-state index in [9.17, 15) is 13.2 Å². The summed E-state index contributed by atoms with van der Waals surface area (Å²) in [6.07, 6.45) is 3.55. The molecule has 0 unspecified atom stereocenters. The second-order valence-corrected chi connectivity index (χ2v) is 7.33. The van der Waals surface area contributed by atoms with E-state index in [1.807, 2.05) is 12.1 Å². The number of amides is 1. The fourth-order valence-electron chi connectivity index (χ4n) is 2.29. The van der Waals surface area contributed by atoms with Gasteiger partial charge in [-0.1, -0.05) is 0 Å². The van der Waals surface area contributed by atoms with Crippen LogP contribution in [0, 0.1) is 0 Å². The number of carbonyl (C=O) groups excluding carboxylic acids is 1. The molecule has 2 heterocycles. The Kier molecular flexibility index (Phi) is 5.87. The van der Waals surface area contributed by atoms with Gasteiger partial charge in [0.1, 0.15) is 0 Å². The van der Waals surface area contributed by atoms with E-state index in [-0.39, 0.29) is 18.2 Å². The van der Waals surface area contributed by atoms with Crippen LogP contribution in [0.5, 0.6) is 0 Å². The molecule has 1 aliphatic heterocycles. The number of sulfonamides is 1. The fraction of sp³-hybridized carbons (Fsp3) is 0.571. The first-order chi connectivity index (χ1) is 10.5. The van der Waals surface area contributed by atoms with E-state index in [1.54, 1.807) is 24.2 Å². The third kappa shape index (κ3) is 5.04. The number of nitrogens with one attached hydrogen (secondary N) is 1. The smallest absolute Gasteiger partial charge is 0.237 e. The Labute approximate surface area is 131 Å². The number of hydrogen-bond acceptors (Lipinski definition) is 5. The lowest BCUT2D eigenvalue weighted by Gasteiger charge is -2.34. The molecule has 1 amide bonds. The van der Waals surface area contributed by atoms with Gasteiger partial charge in [0.05, 0.1) is 12.3 Å². The molecule has 0 radical (unpaired) electrons. The number of nitrogens with zero attached hydrogens (tertiary/aromatic N) is 3. The number of aromatic nitrogens is 1. The fourth-order valence-corrected chi connectivity index (χ4v) is 2.83. The number of hydrogen-bond donors (Lipinski definition) is 1. The maximum atomic E-state index is 12.0. The molecule has 0 atom stereocenters. The Balaban J connectivity index is 1.76. The summed E-state index contributed by atoms with van der Waals surface area (Å²) >= 11 is 0. The molecule has 8 heteroatoms. The van der Waals surface area contributed by atoms with Crippen molar-refractivity contribution in [3.05, 3.63) is 30.1 Å². The topological polar surface area (TPSA) is 82.6 Å². The molecule has 1 aromatic heterocycles. The zero-order valence-corrected chi connectivity index (χ0v) is 13.6. The molecule has 1 saturated heterocycles. The molecule has 1 aliphatic rings. The molecular weight excluding hydrogens is 304 g/mol. The molecule has 0 aliphatic carbocycles. The van der Waals surface area contributed by atoms with Gasteiger partial charge < -0.3 is 4.90 Å². The summed E-state index contributed by atoms with van der Waals surface area (Å²) in [6.45, 7) is 5.05. The summed E-state index contributed by atoms with van der Waals surface area (Å²) < 4.78 is 25.0. The van der Waals surface area contributed by atoms with Gasteiger partial charge in [-0.05, 0) is 24.6 Å². The first kappa shape index (κ1) is 16.9. The zero-order chi connectivity index (χ0) is 16.0. The summed E-state index contributed by atoms with van der Waals surface area (Å²) in [7, 11) is -3.32. The Morgan fingerprint density at radius 1 is 1.23 bits per heavy atom. The molecule has 2 rings (SSSR count). The Morgan fingerprint density at radius 3 is 2.45 bits per heavy atom. The molecule has 0 spiro atoms. The van der Waals surface area contributed by atoms with Gasteiger partial charge >= 0.3 is 0 Å². The van der Waals surface area contributed by atoms with Crippen LogP contribution in [-0.2, 0) is 21.4 Å². The Morgan fingerprint density at radius 2 is 1.86 bits per heavy atom. The van der Waals surface area contributed by atoms with Gasteiger partial charge in [0.25, 0.3) is 0 Å². The van der Waals surface area contributed by atoms with E-state index >= 15 is 0 Å². The van der Waals surface area contributed by atoms with Gasteiger partial charge in [0, 0.05) is 45.1 Å². The van der Waals surface area contributed by atoms with Crippen LogP contribution in [0.4, 0.5) is 0 Å². The zero-order valence-electron chi connectivity index (χ0n) is 12.7. The molecule has 7 nitrogen and oxygen atoms in total. The van der Waals surface area contributed by atoms with Crippen molar-refractivity contribution in [2.24, 2.45) is 0 Å². The first-order valence-electron chi connectivity index (χ1n) is 7.36. The van der Waals surface area contributed by atoms with Crippen molar-refractivity contribution < 1.29 is 13.2 Å². The maximum Gasteiger partial charge on any atom is 0.237 e. The van der Waals surface area contributed by atoms with Gasteiger partial charge in [-0.3, -0.25) is 14.7 Å². The highest BCUT2D eigenvalue weighted by Gasteiger charge is 2.21. The second kappa shape index (κ2) is 7.66. The molecule has 22 heavy (non-hydrogen) atoms. The summed E-state index contributed by atoms with van der Waals surface area (Å²) in [5.74, 6) is -0.180. The highest BCUT2D eigenvalue weighted by molar-refractivity contribution is 7.89. The number of piperazine rings is 1. The summed E-state index contributed by atoms with van der Waals surface area (Å²) in [6, 6.07) is 3.97. The van der Waals surface area contributed by atoms with E-state index in [1.165, 1.54) is 5.56 Å². The van der Waals surface area contributed by atoms with Crippen LogP contribution in [-0.4, -0.2) is 67.6 Å². The number of carbonyl (C=O) groups is 1. The average Bonchev–Trinajstić information content (AvgIpc) is 2.54. The minimum atomic E-state index is -3.32. The molecule has 122 valence electrons. The van der Waals surface area contributed by atoms with Crippen molar-refractivity contribution in [3.63, 3.8) is 0 Å². The van der Waals surface area contributed by atoms with E-state index in [0.29, 0.717) is 13.1 Å². The normalized spacial score (nSPS) is 16.7. The SMILES string of the molecule is CCS(=O)(=O)NCC(=O)N1CCN(Cc2ccncc2)CC1. The van der Waals surface area contributed by atoms with E-state index in [0.717, 1.165) is 19.6 Å². The second-order valence-electron chi connectivity index (χ2n) is 5.24. The molecule has 1 fully saturated rings. The molecular formula is C14H22N4O3S. The van der Waals surface area contributed by atoms with Gasteiger partial charge in [-0.2, -0.15) is 0 Å². The van der Waals surface area contributed by atoms with Gasteiger partial charge in [-0.25, -0.2) is 13.1 Å². The maximum absolute atomic E-state index is 12.0. The molecule has 0 aromatic carbocycles. The quantitative estimate of drug-likeness (QED) is 0.774. The van der Waals surface area contributed by atoms with Crippen molar-refractivity contribution in [1.82, 2.24) is 19.5 Å². The standard InChI is InChI=1S/C14H22N4O3S/c1-2-22(20,21)16-11-14(19)18-9-7-17(8-10-18)12-13-3-5-15-6-4-13/h3-6,16H,2,7-12H2,1H3. The predicted molar refractivity (Wildman–Crippen MR) is 83.6 cm³/mol. The lowest BCUT2D eigenvalue weighted by Crippen LogP contribution is -2.50. The van der Waals surface area contributed by atoms with Crippen molar-refractivity contribution >= 4 is 15.9 Å². The third-order valence-corrected chi connectivity index (χ3v) is 5.05. The van der Waals surface area contributed by atoms with Crippen molar-refractivity contribution in [2.45, 2.75) is 13.5 Å². The van der Waals surface area contributed by atoms with Crippen LogP contribution in [0.1, 0.15) is 12.5 Å². The van der Waals surface area contributed by atoms with E-state index in [4.69, 9.17) is 0 Å².